The number of thioether (sulfide) groups is 2. The first-order valence-electron chi connectivity index (χ1n) is 10.5. The first-order valence-corrected chi connectivity index (χ1v) is 13.3. The van der Waals surface area contributed by atoms with Crippen molar-refractivity contribution in [1.82, 2.24) is 39.8 Å². The predicted octanol–water partition coefficient (Wildman–Crippen LogP) is -2.60. The second kappa shape index (κ2) is 11.7. The zero-order valence-corrected chi connectivity index (χ0v) is 21.5. The molecule has 0 spiro atoms. The number of nitrogen functional groups attached to an aromatic ring is 1. The van der Waals surface area contributed by atoms with Gasteiger partial charge in [0.2, 0.25) is 23.3 Å². The maximum Gasteiger partial charge on any atom is 0.352 e. The molecule has 1 fully saturated rings. The van der Waals surface area contributed by atoms with Crippen molar-refractivity contribution in [2.75, 3.05) is 30.4 Å². The zero-order valence-electron chi connectivity index (χ0n) is 19.1. The quantitative estimate of drug-likeness (QED) is 0.0739. The summed E-state index contributed by atoms with van der Waals surface area (Å²) < 4.78 is 5.36. The molecule has 4 heterocycles. The van der Waals surface area contributed by atoms with Crippen LogP contribution in [-0.2, 0) is 30.6 Å². The van der Waals surface area contributed by atoms with E-state index in [0.717, 1.165) is 16.4 Å². The SMILES string of the molecule is NCCn1nnnc1SCC1=C(C(=O)O)N2C(=O)C(NC(=O)C(=NOCC(=O)O)c3nsc(N)n3)[C@H]2SC1. The second-order valence-electron chi connectivity index (χ2n) is 7.44. The molecule has 21 heteroatoms. The molecule has 0 aliphatic carbocycles. The van der Waals surface area contributed by atoms with Crippen LogP contribution in [0.25, 0.3) is 0 Å². The molecule has 2 aliphatic rings. The van der Waals surface area contributed by atoms with Gasteiger partial charge in [0.05, 0.1) is 6.54 Å². The number of nitrogens with one attached hydrogen (secondary N) is 1. The van der Waals surface area contributed by atoms with Gasteiger partial charge in [0.1, 0.15) is 17.1 Å². The highest BCUT2D eigenvalue weighted by molar-refractivity contribution is 8.01. The topological polar surface area (TPSA) is 267 Å². The van der Waals surface area contributed by atoms with Crippen LogP contribution < -0.4 is 16.8 Å². The van der Waals surface area contributed by atoms with E-state index in [2.05, 4.69) is 40.2 Å². The average molecular weight is 586 g/mol. The summed E-state index contributed by atoms with van der Waals surface area (Å²) in [6.45, 7) is -0.131. The van der Waals surface area contributed by atoms with E-state index in [-0.39, 0.29) is 28.2 Å². The standard InChI is InChI=1S/C17H19N11O7S3/c18-1-2-27-17(22-25-26-27)37-5-6-4-36-14-9(13(32)28(14)10(6)15(33)34)20-12(31)8(23-35-3-7(29)30)11-21-16(19)38-24-11/h9,14H,1-5,18H2,(H,20,31)(H,29,30)(H,33,34)(H2,19,21,24)/t9?,14-/m1/s1. The van der Waals surface area contributed by atoms with Gasteiger partial charge in [0, 0.05) is 29.6 Å². The zero-order chi connectivity index (χ0) is 27.4. The molecule has 2 aliphatic heterocycles. The fourth-order valence-corrected chi connectivity index (χ4v) is 6.21. The third-order valence-electron chi connectivity index (χ3n) is 4.96. The molecule has 202 valence electrons. The van der Waals surface area contributed by atoms with Crippen LogP contribution in [0.2, 0.25) is 0 Å². The lowest BCUT2D eigenvalue weighted by atomic mass is 10.0. The summed E-state index contributed by atoms with van der Waals surface area (Å²) in [5.41, 5.74) is 10.9. The number of tetrazole rings is 1. The number of oxime groups is 1. The van der Waals surface area contributed by atoms with Crippen LogP contribution in [0.5, 0.6) is 0 Å². The maximum absolute atomic E-state index is 13.0. The van der Waals surface area contributed by atoms with Crippen molar-refractivity contribution in [1.29, 1.82) is 0 Å². The van der Waals surface area contributed by atoms with Crippen molar-refractivity contribution >= 4 is 69.7 Å². The molecule has 1 saturated heterocycles. The summed E-state index contributed by atoms with van der Waals surface area (Å²) >= 11 is 3.24. The van der Waals surface area contributed by atoms with Gasteiger partial charge >= 0.3 is 11.9 Å². The van der Waals surface area contributed by atoms with Crippen molar-refractivity contribution in [3.8, 4) is 0 Å². The Morgan fingerprint density at radius 2 is 2.11 bits per heavy atom. The summed E-state index contributed by atoms with van der Waals surface area (Å²) in [5.74, 6) is -3.96. The highest BCUT2D eigenvalue weighted by Gasteiger charge is 2.54. The molecule has 0 radical (unpaired) electrons. The Labute approximate surface area is 225 Å². The minimum atomic E-state index is -1.33. The lowest BCUT2D eigenvalue weighted by Gasteiger charge is -2.49. The Hall–Kier alpha value is -3.82. The molecule has 1 unspecified atom stereocenters. The maximum atomic E-state index is 13.0. The normalized spacial score (nSPS) is 19.1. The Morgan fingerprint density at radius 1 is 1.32 bits per heavy atom. The predicted molar refractivity (Wildman–Crippen MR) is 132 cm³/mol. The molecule has 0 bridgehead atoms. The second-order valence-corrected chi connectivity index (χ2v) is 10.3. The fourth-order valence-electron chi connectivity index (χ4n) is 3.39. The van der Waals surface area contributed by atoms with E-state index >= 15 is 0 Å². The summed E-state index contributed by atoms with van der Waals surface area (Å²) in [4.78, 5) is 58.3. The van der Waals surface area contributed by atoms with Crippen LogP contribution in [-0.4, -0.2) is 110 Å². The van der Waals surface area contributed by atoms with Gasteiger partial charge in [-0.2, -0.15) is 9.36 Å². The molecular formula is C17H19N11O7S3. The Bertz CT molecular complexity index is 1330. The molecule has 2 aromatic rings. The number of nitrogens with two attached hydrogens (primary N) is 2. The van der Waals surface area contributed by atoms with Gasteiger partial charge in [-0.25, -0.2) is 14.3 Å². The van der Waals surface area contributed by atoms with Gasteiger partial charge in [-0.15, -0.1) is 16.9 Å². The van der Waals surface area contributed by atoms with Gasteiger partial charge in [-0.1, -0.05) is 16.9 Å². The van der Waals surface area contributed by atoms with Crippen LogP contribution in [0.15, 0.2) is 21.6 Å². The highest BCUT2D eigenvalue weighted by Crippen LogP contribution is 2.41. The van der Waals surface area contributed by atoms with Crippen molar-refractivity contribution in [3.05, 3.63) is 17.1 Å². The van der Waals surface area contributed by atoms with Crippen LogP contribution in [0.4, 0.5) is 5.13 Å². The van der Waals surface area contributed by atoms with Crippen LogP contribution in [0.3, 0.4) is 0 Å². The summed E-state index contributed by atoms with van der Waals surface area (Å²) in [6.07, 6.45) is 0. The number of rotatable bonds is 12. The molecule has 38 heavy (non-hydrogen) atoms. The van der Waals surface area contributed by atoms with Crippen LogP contribution >= 0.6 is 35.1 Å². The molecule has 2 atom stereocenters. The van der Waals surface area contributed by atoms with E-state index in [1.54, 1.807) is 0 Å². The summed E-state index contributed by atoms with van der Waals surface area (Å²) in [5, 5.41) is 35.7. The number of β-lactam (4-membered cyclic amide) rings is 1. The largest absolute Gasteiger partial charge is 0.479 e. The number of carbonyl (C=O) groups excluding carboxylic acids is 2. The number of hydrogen-bond donors (Lipinski definition) is 5. The average Bonchev–Trinajstić information content (AvgIpc) is 3.51. The highest BCUT2D eigenvalue weighted by atomic mass is 32.2. The first kappa shape index (κ1) is 27.2. The van der Waals surface area contributed by atoms with Gasteiger partial charge in [0.15, 0.2) is 5.13 Å². The molecule has 0 aromatic carbocycles. The molecule has 2 aromatic heterocycles. The minimum Gasteiger partial charge on any atom is -0.479 e. The van der Waals surface area contributed by atoms with E-state index in [1.807, 2.05) is 0 Å². The summed E-state index contributed by atoms with van der Waals surface area (Å²) in [6, 6.07) is -1.09. The number of carboxylic acid groups (broad SMARTS) is 2. The lowest BCUT2D eigenvalue weighted by Crippen LogP contribution is -2.71. The number of carboxylic acids is 2. The number of nitrogens with zero attached hydrogens (tertiary/aromatic N) is 8. The van der Waals surface area contributed by atoms with Crippen LogP contribution in [0, 0.1) is 0 Å². The van der Waals surface area contributed by atoms with E-state index in [0.29, 0.717) is 23.8 Å². The molecule has 18 nitrogen and oxygen atoms in total. The number of aromatic nitrogens is 6. The third kappa shape index (κ3) is 5.69. The van der Waals surface area contributed by atoms with Gasteiger partial charge < -0.3 is 31.8 Å². The molecule has 0 saturated carbocycles. The Kier molecular flexibility index (Phi) is 8.38. The monoisotopic (exact) mass is 585 g/mol. The smallest absolute Gasteiger partial charge is 0.352 e. The third-order valence-corrected chi connectivity index (χ3v) is 7.89. The number of carbonyl (C=O) groups is 4. The lowest BCUT2D eigenvalue weighted by molar-refractivity contribution is -0.150. The molecular weight excluding hydrogens is 566 g/mol. The Morgan fingerprint density at radius 3 is 2.76 bits per heavy atom. The number of amides is 2. The molecule has 2 amide bonds. The fraction of sp³-hybridized carbons (Fsp3) is 0.412. The first-order chi connectivity index (χ1) is 18.2. The van der Waals surface area contributed by atoms with E-state index in [4.69, 9.17) is 16.6 Å². The number of fused-ring (bicyclic) bond motifs is 1. The van der Waals surface area contributed by atoms with E-state index in [9.17, 15) is 24.3 Å². The van der Waals surface area contributed by atoms with Crippen molar-refractivity contribution < 1.29 is 34.2 Å². The van der Waals surface area contributed by atoms with Gasteiger partial charge in [-0.05, 0) is 16.0 Å². The Balaban J connectivity index is 1.48. The molecule has 4 rings (SSSR count). The number of hydrogen-bond acceptors (Lipinski definition) is 16. The van der Waals surface area contributed by atoms with Crippen molar-refractivity contribution in [2.45, 2.75) is 23.1 Å². The van der Waals surface area contributed by atoms with Crippen LogP contribution in [0.1, 0.15) is 5.82 Å². The van der Waals surface area contributed by atoms with Crippen molar-refractivity contribution in [3.63, 3.8) is 0 Å². The number of anilines is 1. The number of aliphatic carboxylic acids is 2. The molecule has 7 N–H and O–H groups in total. The van der Waals surface area contributed by atoms with Crippen molar-refractivity contribution in [2.24, 2.45) is 10.9 Å². The summed E-state index contributed by atoms with van der Waals surface area (Å²) in [7, 11) is 0. The van der Waals surface area contributed by atoms with Gasteiger partial charge in [0.25, 0.3) is 11.8 Å². The minimum absolute atomic E-state index is 0.0196. The van der Waals surface area contributed by atoms with Gasteiger partial charge in [-0.3, -0.25) is 14.5 Å². The van der Waals surface area contributed by atoms with E-state index < -0.39 is 47.5 Å². The van der Waals surface area contributed by atoms with E-state index in [1.165, 1.54) is 28.2 Å².